The summed E-state index contributed by atoms with van der Waals surface area (Å²) in [5, 5.41) is 3.91. The molecule has 0 aromatic heterocycles. The van der Waals surface area contributed by atoms with Crippen LogP contribution in [0.5, 0.6) is 0 Å². The van der Waals surface area contributed by atoms with Crippen molar-refractivity contribution in [3.05, 3.63) is 0 Å². The summed E-state index contributed by atoms with van der Waals surface area (Å²) in [6.45, 7) is 5.12. The van der Waals surface area contributed by atoms with Gasteiger partial charge in [-0.15, -0.1) is 0 Å². The van der Waals surface area contributed by atoms with E-state index in [4.69, 9.17) is 0 Å². The molecule has 1 saturated heterocycles. The number of carbonyl (C=O) groups is 1. The van der Waals surface area contributed by atoms with Crippen LogP contribution in [0.4, 0.5) is 0 Å². The van der Waals surface area contributed by atoms with Crippen molar-refractivity contribution in [2.75, 3.05) is 25.9 Å². The molecule has 1 heterocycles. The molecule has 2 atom stereocenters. The Morgan fingerprint density at radius 3 is 2.62 bits per heavy atom. The van der Waals surface area contributed by atoms with E-state index in [-0.39, 0.29) is 11.9 Å². The van der Waals surface area contributed by atoms with E-state index in [9.17, 15) is 4.79 Å². The fraction of sp³-hybridized carbons (Fsp3) is 0.941. The van der Waals surface area contributed by atoms with Crippen molar-refractivity contribution in [1.29, 1.82) is 0 Å². The maximum Gasteiger partial charge on any atom is 0.237 e. The SMILES string of the molecule is CS[C@H]1CCCCN([C@H](C)C(=O)NCC2CCCCC2)C1. The van der Waals surface area contributed by atoms with Gasteiger partial charge in [-0.25, -0.2) is 0 Å². The molecular formula is C17H32N2OS. The van der Waals surface area contributed by atoms with Gasteiger partial charge < -0.3 is 5.32 Å². The maximum atomic E-state index is 12.4. The van der Waals surface area contributed by atoms with Crippen molar-refractivity contribution in [3.8, 4) is 0 Å². The van der Waals surface area contributed by atoms with Crippen LogP contribution in [-0.4, -0.2) is 48.0 Å². The minimum atomic E-state index is 0.0290. The molecule has 1 N–H and O–H groups in total. The van der Waals surface area contributed by atoms with Gasteiger partial charge in [0.25, 0.3) is 0 Å². The van der Waals surface area contributed by atoms with Crippen LogP contribution in [0, 0.1) is 5.92 Å². The standard InChI is InChI=1S/C17H32N2OS/c1-14(19-11-7-6-10-16(13-19)21-2)17(20)18-12-15-8-4-3-5-9-15/h14-16H,3-13H2,1-2H3,(H,18,20)/t14-,16+/m1/s1. The second kappa shape index (κ2) is 9.04. The van der Waals surface area contributed by atoms with Crippen molar-refractivity contribution in [3.63, 3.8) is 0 Å². The van der Waals surface area contributed by atoms with Crippen molar-refractivity contribution in [1.82, 2.24) is 10.2 Å². The van der Waals surface area contributed by atoms with Gasteiger partial charge in [0, 0.05) is 18.3 Å². The summed E-state index contributed by atoms with van der Waals surface area (Å²) in [6, 6.07) is 0.0290. The Morgan fingerprint density at radius 2 is 1.90 bits per heavy atom. The summed E-state index contributed by atoms with van der Waals surface area (Å²) in [5.41, 5.74) is 0. The van der Waals surface area contributed by atoms with Crippen LogP contribution in [-0.2, 0) is 4.79 Å². The van der Waals surface area contributed by atoms with Gasteiger partial charge in [-0.05, 0) is 51.3 Å². The van der Waals surface area contributed by atoms with Crippen LogP contribution in [0.15, 0.2) is 0 Å². The molecule has 3 nitrogen and oxygen atoms in total. The average molecular weight is 313 g/mol. The molecule has 1 aliphatic carbocycles. The lowest BCUT2D eigenvalue weighted by atomic mass is 9.89. The van der Waals surface area contributed by atoms with E-state index in [1.807, 2.05) is 11.8 Å². The lowest BCUT2D eigenvalue weighted by molar-refractivity contribution is -0.126. The van der Waals surface area contributed by atoms with E-state index in [1.165, 1.54) is 51.4 Å². The Hall–Kier alpha value is -0.220. The van der Waals surface area contributed by atoms with E-state index in [1.54, 1.807) is 0 Å². The molecule has 1 aliphatic heterocycles. The molecular weight excluding hydrogens is 280 g/mol. The average Bonchev–Trinajstić information content (AvgIpc) is 2.78. The number of carbonyl (C=O) groups excluding carboxylic acids is 1. The lowest BCUT2D eigenvalue weighted by Crippen LogP contribution is -2.48. The summed E-state index contributed by atoms with van der Waals surface area (Å²) in [6.07, 6.45) is 12.7. The number of nitrogens with zero attached hydrogens (tertiary/aromatic N) is 1. The molecule has 2 aliphatic rings. The largest absolute Gasteiger partial charge is 0.354 e. The quantitative estimate of drug-likeness (QED) is 0.845. The topological polar surface area (TPSA) is 32.3 Å². The minimum absolute atomic E-state index is 0.0290. The summed E-state index contributed by atoms with van der Waals surface area (Å²) in [5.74, 6) is 0.959. The predicted octanol–water partition coefficient (Wildman–Crippen LogP) is 3.29. The normalized spacial score (nSPS) is 27.0. The zero-order chi connectivity index (χ0) is 15.1. The van der Waals surface area contributed by atoms with E-state index in [2.05, 4.69) is 23.4 Å². The maximum absolute atomic E-state index is 12.4. The second-order valence-corrected chi connectivity index (χ2v) is 7.91. The fourth-order valence-corrected chi connectivity index (χ4v) is 4.37. The molecule has 0 spiro atoms. The first kappa shape index (κ1) is 17.1. The first-order chi connectivity index (χ1) is 10.2. The third-order valence-electron chi connectivity index (χ3n) is 5.21. The monoisotopic (exact) mass is 312 g/mol. The second-order valence-electron chi connectivity index (χ2n) is 6.77. The van der Waals surface area contributed by atoms with Gasteiger partial charge in [0.1, 0.15) is 0 Å². The van der Waals surface area contributed by atoms with E-state index in [0.717, 1.165) is 25.6 Å². The Balaban J connectivity index is 1.77. The lowest BCUT2D eigenvalue weighted by Gasteiger charge is -2.30. The van der Waals surface area contributed by atoms with Gasteiger partial charge in [-0.1, -0.05) is 25.7 Å². The molecule has 0 radical (unpaired) electrons. The van der Waals surface area contributed by atoms with E-state index < -0.39 is 0 Å². The summed E-state index contributed by atoms with van der Waals surface area (Å²) in [4.78, 5) is 14.8. The number of hydrogen-bond donors (Lipinski definition) is 1. The molecule has 21 heavy (non-hydrogen) atoms. The smallest absolute Gasteiger partial charge is 0.237 e. The molecule has 2 fully saturated rings. The molecule has 4 heteroatoms. The molecule has 122 valence electrons. The molecule has 0 unspecified atom stereocenters. The number of hydrogen-bond acceptors (Lipinski definition) is 3. The fourth-order valence-electron chi connectivity index (χ4n) is 3.62. The van der Waals surface area contributed by atoms with Crippen LogP contribution in [0.3, 0.4) is 0 Å². The summed E-state index contributed by atoms with van der Waals surface area (Å²) < 4.78 is 0. The first-order valence-electron chi connectivity index (χ1n) is 8.75. The highest BCUT2D eigenvalue weighted by Gasteiger charge is 2.26. The Morgan fingerprint density at radius 1 is 1.19 bits per heavy atom. The molecule has 2 rings (SSSR count). The van der Waals surface area contributed by atoms with E-state index >= 15 is 0 Å². The first-order valence-corrected chi connectivity index (χ1v) is 10.0. The molecule has 0 bridgehead atoms. The number of likely N-dealkylation sites (tertiary alicyclic amines) is 1. The Kier molecular flexibility index (Phi) is 7.38. The van der Waals surface area contributed by atoms with Gasteiger partial charge in [-0.3, -0.25) is 9.69 Å². The third kappa shape index (κ3) is 5.48. The van der Waals surface area contributed by atoms with Gasteiger partial charge in [-0.2, -0.15) is 11.8 Å². The predicted molar refractivity (Wildman–Crippen MR) is 91.8 cm³/mol. The Labute approximate surface area is 134 Å². The minimum Gasteiger partial charge on any atom is -0.354 e. The van der Waals surface area contributed by atoms with Crippen LogP contribution in [0.2, 0.25) is 0 Å². The zero-order valence-corrected chi connectivity index (χ0v) is 14.6. The molecule has 1 saturated carbocycles. The summed E-state index contributed by atoms with van der Waals surface area (Å²) >= 11 is 1.95. The third-order valence-corrected chi connectivity index (χ3v) is 6.26. The number of amides is 1. The van der Waals surface area contributed by atoms with Gasteiger partial charge >= 0.3 is 0 Å². The van der Waals surface area contributed by atoms with Crippen molar-refractivity contribution < 1.29 is 4.79 Å². The van der Waals surface area contributed by atoms with Crippen molar-refractivity contribution in [2.24, 2.45) is 5.92 Å². The zero-order valence-electron chi connectivity index (χ0n) is 13.8. The highest BCUT2D eigenvalue weighted by atomic mass is 32.2. The van der Waals surface area contributed by atoms with Crippen LogP contribution in [0.1, 0.15) is 58.3 Å². The highest BCUT2D eigenvalue weighted by Crippen LogP contribution is 2.23. The van der Waals surface area contributed by atoms with Crippen molar-refractivity contribution in [2.45, 2.75) is 69.6 Å². The van der Waals surface area contributed by atoms with Gasteiger partial charge in [0.05, 0.1) is 6.04 Å². The Bertz CT molecular complexity index is 318. The van der Waals surface area contributed by atoms with Gasteiger partial charge in [0.15, 0.2) is 0 Å². The van der Waals surface area contributed by atoms with Crippen LogP contribution in [0.25, 0.3) is 0 Å². The van der Waals surface area contributed by atoms with Crippen LogP contribution < -0.4 is 5.32 Å². The molecule has 0 aromatic carbocycles. The van der Waals surface area contributed by atoms with Crippen LogP contribution >= 0.6 is 11.8 Å². The molecule has 0 aromatic rings. The highest BCUT2D eigenvalue weighted by molar-refractivity contribution is 7.99. The summed E-state index contributed by atoms with van der Waals surface area (Å²) in [7, 11) is 0. The van der Waals surface area contributed by atoms with E-state index in [0.29, 0.717) is 5.25 Å². The molecule has 1 amide bonds. The number of nitrogens with one attached hydrogen (secondary N) is 1. The van der Waals surface area contributed by atoms with Gasteiger partial charge in [0.2, 0.25) is 5.91 Å². The van der Waals surface area contributed by atoms with Crippen molar-refractivity contribution >= 4 is 17.7 Å². The number of thioether (sulfide) groups is 1. The number of rotatable bonds is 5.